The molecule has 11 heavy (non-hydrogen) atoms. The molecule has 1 rings (SSSR count). The molecule has 1 aromatic rings. The van der Waals surface area contributed by atoms with Crippen molar-refractivity contribution in [2.45, 2.75) is 0 Å². The summed E-state index contributed by atoms with van der Waals surface area (Å²) in [7, 11) is 3.73. The number of nitrogens with zero attached hydrogens (tertiary/aromatic N) is 3. The zero-order valence-corrected chi connectivity index (χ0v) is 6.57. The number of rotatable bonds is 1. The first-order valence-corrected chi connectivity index (χ1v) is 3.28. The van der Waals surface area contributed by atoms with E-state index in [0.29, 0.717) is 5.56 Å². The maximum absolute atomic E-state index is 8.65. The Labute approximate surface area is 65.9 Å². The van der Waals surface area contributed by atoms with Crippen LogP contribution in [0.1, 0.15) is 5.56 Å². The lowest BCUT2D eigenvalue weighted by Crippen LogP contribution is -2.11. The van der Waals surface area contributed by atoms with E-state index < -0.39 is 0 Å². The van der Waals surface area contributed by atoms with Gasteiger partial charge >= 0.3 is 0 Å². The highest BCUT2D eigenvalue weighted by atomic mass is 15.1. The van der Waals surface area contributed by atoms with Crippen LogP contribution in [-0.4, -0.2) is 19.1 Å². The van der Waals surface area contributed by atoms with Crippen molar-refractivity contribution in [1.82, 2.24) is 4.98 Å². The van der Waals surface area contributed by atoms with Crippen LogP contribution < -0.4 is 4.90 Å². The summed E-state index contributed by atoms with van der Waals surface area (Å²) in [4.78, 5) is 5.87. The van der Waals surface area contributed by atoms with Crippen molar-refractivity contribution in [3.05, 3.63) is 23.9 Å². The van der Waals surface area contributed by atoms with E-state index in [4.69, 9.17) is 5.26 Å². The fourth-order valence-electron chi connectivity index (χ4n) is 0.841. The van der Waals surface area contributed by atoms with Crippen LogP contribution in [0.15, 0.2) is 18.3 Å². The van der Waals surface area contributed by atoms with Gasteiger partial charge in [0.05, 0.1) is 5.56 Å². The normalized spacial score (nSPS) is 8.82. The smallest absolute Gasteiger partial charge is 0.145 e. The molecule has 0 saturated heterocycles. The highest BCUT2D eigenvalue weighted by molar-refractivity contribution is 5.52. The minimum atomic E-state index is 0.609. The molecule has 1 aromatic heterocycles. The monoisotopic (exact) mass is 147 g/mol. The van der Waals surface area contributed by atoms with Crippen molar-refractivity contribution in [3.8, 4) is 6.07 Å². The summed E-state index contributed by atoms with van der Waals surface area (Å²) in [5.41, 5.74) is 0.609. The molecule has 0 unspecified atom stereocenters. The van der Waals surface area contributed by atoms with Crippen LogP contribution in [-0.2, 0) is 0 Å². The van der Waals surface area contributed by atoms with Crippen LogP contribution in [0.5, 0.6) is 0 Å². The van der Waals surface area contributed by atoms with Gasteiger partial charge < -0.3 is 4.90 Å². The van der Waals surface area contributed by atoms with Crippen molar-refractivity contribution in [2.24, 2.45) is 0 Å². The summed E-state index contributed by atoms with van der Waals surface area (Å²) in [5.74, 6) is 0.718. The number of hydrogen-bond acceptors (Lipinski definition) is 3. The Kier molecular flexibility index (Phi) is 2.07. The molecule has 56 valence electrons. The number of hydrogen-bond donors (Lipinski definition) is 0. The van der Waals surface area contributed by atoms with Gasteiger partial charge in [-0.15, -0.1) is 0 Å². The molecule has 0 bridgehead atoms. The SMILES string of the molecule is CN(C)c1ncccc1C#N. The van der Waals surface area contributed by atoms with Gasteiger partial charge in [-0.25, -0.2) is 4.98 Å². The average Bonchev–Trinajstić information content (AvgIpc) is 2.04. The second-order valence-corrected chi connectivity index (χ2v) is 2.38. The molecule has 1 heterocycles. The zero-order valence-electron chi connectivity index (χ0n) is 6.57. The summed E-state index contributed by atoms with van der Waals surface area (Å²) in [5, 5.41) is 8.65. The van der Waals surface area contributed by atoms with Gasteiger partial charge in [0.1, 0.15) is 11.9 Å². The standard InChI is InChI=1S/C8H9N3/c1-11(2)8-7(6-9)4-3-5-10-8/h3-5H,1-2H3. The fraction of sp³-hybridized carbons (Fsp3) is 0.250. The molecule has 0 aliphatic rings. The lowest BCUT2D eigenvalue weighted by atomic mass is 10.3. The maximum Gasteiger partial charge on any atom is 0.145 e. The third-order valence-corrected chi connectivity index (χ3v) is 1.33. The van der Waals surface area contributed by atoms with Gasteiger partial charge in [-0.3, -0.25) is 0 Å². The van der Waals surface area contributed by atoms with E-state index in [9.17, 15) is 0 Å². The van der Waals surface area contributed by atoms with Crippen molar-refractivity contribution < 1.29 is 0 Å². The van der Waals surface area contributed by atoms with Gasteiger partial charge in [0.2, 0.25) is 0 Å². The van der Waals surface area contributed by atoms with E-state index in [2.05, 4.69) is 11.1 Å². The largest absolute Gasteiger partial charge is 0.362 e. The van der Waals surface area contributed by atoms with E-state index in [0.717, 1.165) is 5.82 Å². The van der Waals surface area contributed by atoms with Crippen LogP contribution in [0.4, 0.5) is 5.82 Å². The molecule has 0 saturated carbocycles. The first kappa shape index (κ1) is 7.55. The molecular formula is C8H9N3. The van der Waals surface area contributed by atoms with Crippen molar-refractivity contribution in [1.29, 1.82) is 5.26 Å². The van der Waals surface area contributed by atoms with E-state index in [1.807, 2.05) is 19.0 Å². The van der Waals surface area contributed by atoms with Crippen LogP contribution in [0.3, 0.4) is 0 Å². The summed E-state index contributed by atoms with van der Waals surface area (Å²) in [6, 6.07) is 5.58. The molecule has 0 aromatic carbocycles. The number of anilines is 1. The predicted octanol–water partition coefficient (Wildman–Crippen LogP) is 1.02. The minimum Gasteiger partial charge on any atom is -0.362 e. The van der Waals surface area contributed by atoms with E-state index in [1.165, 1.54) is 0 Å². The Bertz CT molecular complexity index is 286. The van der Waals surface area contributed by atoms with Crippen LogP contribution in [0.2, 0.25) is 0 Å². The first-order chi connectivity index (χ1) is 5.25. The van der Waals surface area contributed by atoms with E-state index in [1.54, 1.807) is 18.3 Å². The van der Waals surface area contributed by atoms with Gasteiger partial charge in [-0.2, -0.15) is 5.26 Å². The second-order valence-electron chi connectivity index (χ2n) is 2.38. The molecule has 0 spiro atoms. The lowest BCUT2D eigenvalue weighted by molar-refractivity contribution is 1.06. The number of nitriles is 1. The van der Waals surface area contributed by atoms with Crippen molar-refractivity contribution in [3.63, 3.8) is 0 Å². The summed E-state index contributed by atoms with van der Waals surface area (Å²) < 4.78 is 0. The molecule has 0 atom stereocenters. The van der Waals surface area contributed by atoms with Gasteiger partial charge in [-0.1, -0.05) is 0 Å². The minimum absolute atomic E-state index is 0.609. The molecule has 0 fully saturated rings. The summed E-state index contributed by atoms with van der Waals surface area (Å²) in [6.45, 7) is 0. The highest BCUT2D eigenvalue weighted by Crippen LogP contribution is 2.11. The maximum atomic E-state index is 8.65. The Hall–Kier alpha value is -1.56. The summed E-state index contributed by atoms with van der Waals surface area (Å²) >= 11 is 0. The third-order valence-electron chi connectivity index (χ3n) is 1.33. The van der Waals surface area contributed by atoms with Crippen LogP contribution in [0.25, 0.3) is 0 Å². The molecule has 0 amide bonds. The molecule has 0 aliphatic carbocycles. The van der Waals surface area contributed by atoms with E-state index in [-0.39, 0.29) is 0 Å². The molecule has 0 aliphatic heterocycles. The lowest BCUT2D eigenvalue weighted by Gasteiger charge is -2.11. The van der Waals surface area contributed by atoms with Gasteiger partial charge in [0, 0.05) is 20.3 Å². The molecule has 3 nitrogen and oxygen atoms in total. The van der Waals surface area contributed by atoms with Crippen molar-refractivity contribution in [2.75, 3.05) is 19.0 Å². The summed E-state index contributed by atoms with van der Waals surface area (Å²) in [6.07, 6.45) is 1.68. The van der Waals surface area contributed by atoms with E-state index >= 15 is 0 Å². The second kappa shape index (κ2) is 3.02. The number of aromatic nitrogens is 1. The quantitative estimate of drug-likeness (QED) is 0.595. The van der Waals surface area contributed by atoms with Crippen molar-refractivity contribution >= 4 is 5.82 Å². The third kappa shape index (κ3) is 1.47. The first-order valence-electron chi connectivity index (χ1n) is 3.28. The molecule has 3 heteroatoms. The van der Waals surface area contributed by atoms with Gasteiger partial charge in [-0.05, 0) is 12.1 Å². The van der Waals surface area contributed by atoms with Crippen LogP contribution >= 0.6 is 0 Å². The average molecular weight is 147 g/mol. The Morgan fingerprint density at radius 2 is 2.27 bits per heavy atom. The Morgan fingerprint density at radius 3 is 2.73 bits per heavy atom. The predicted molar refractivity (Wildman–Crippen MR) is 43.3 cm³/mol. The van der Waals surface area contributed by atoms with Crippen LogP contribution in [0, 0.1) is 11.3 Å². The zero-order chi connectivity index (χ0) is 8.27. The topological polar surface area (TPSA) is 39.9 Å². The Balaban J connectivity index is 3.15. The van der Waals surface area contributed by atoms with Gasteiger partial charge in [0.25, 0.3) is 0 Å². The Morgan fingerprint density at radius 1 is 1.55 bits per heavy atom. The van der Waals surface area contributed by atoms with Gasteiger partial charge in [0.15, 0.2) is 0 Å². The molecule has 0 N–H and O–H groups in total. The number of pyridine rings is 1. The highest BCUT2D eigenvalue weighted by Gasteiger charge is 2.02. The molecule has 0 radical (unpaired) electrons. The molecular weight excluding hydrogens is 138 g/mol. The fourth-order valence-corrected chi connectivity index (χ4v) is 0.841.